The minimum absolute atomic E-state index is 0.00368. The number of Topliss-reactive ketones (excluding diaryl/α,β-unsaturated/α-hetero) is 1. The lowest BCUT2D eigenvalue weighted by Crippen LogP contribution is -2.39. The second kappa shape index (κ2) is 6.50. The monoisotopic (exact) mass is 357 g/mol. The van der Waals surface area contributed by atoms with Crippen molar-refractivity contribution in [2.24, 2.45) is 5.41 Å². The van der Waals surface area contributed by atoms with Crippen LogP contribution in [-0.4, -0.2) is 41.7 Å². The average Bonchev–Trinajstić information content (AvgIpc) is 2.60. The molecule has 1 aromatic rings. The number of ketones is 1. The highest BCUT2D eigenvalue weighted by Gasteiger charge is 2.45. The Morgan fingerprint density at radius 2 is 2.19 bits per heavy atom. The minimum atomic E-state index is -0.639. The highest BCUT2D eigenvalue weighted by Crippen LogP contribution is 2.51. The standard InChI is InChI=1S/C20H23NO5/c1-2-26-19(24)16-17(12-4-8-25-9-5-12)21-13-10-20(6-3-7-20)11-14(22)15(13)18(16)23/h4H,2-3,5-11H2,1H3,(H,21,23). The van der Waals surface area contributed by atoms with Gasteiger partial charge in [-0.1, -0.05) is 12.5 Å². The predicted molar refractivity (Wildman–Crippen MR) is 94.2 cm³/mol. The molecule has 0 bridgehead atoms. The lowest BCUT2D eigenvalue weighted by Gasteiger charge is -2.44. The van der Waals surface area contributed by atoms with Crippen molar-refractivity contribution in [3.8, 4) is 5.75 Å². The quantitative estimate of drug-likeness (QED) is 0.837. The van der Waals surface area contributed by atoms with Crippen LogP contribution >= 0.6 is 0 Å². The molecule has 1 fully saturated rings. The average molecular weight is 357 g/mol. The summed E-state index contributed by atoms with van der Waals surface area (Å²) in [5, 5.41) is 10.9. The lowest BCUT2D eigenvalue weighted by molar-refractivity contribution is 0.0521. The van der Waals surface area contributed by atoms with Gasteiger partial charge in [-0.15, -0.1) is 0 Å². The summed E-state index contributed by atoms with van der Waals surface area (Å²) in [4.78, 5) is 30.0. The van der Waals surface area contributed by atoms with Gasteiger partial charge in [-0.2, -0.15) is 0 Å². The van der Waals surface area contributed by atoms with E-state index in [1.807, 2.05) is 6.08 Å². The molecule has 0 amide bonds. The van der Waals surface area contributed by atoms with Gasteiger partial charge in [-0.25, -0.2) is 4.79 Å². The van der Waals surface area contributed by atoms with Crippen molar-refractivity contribution >= 4 is 17.3 Å². The van der Waals surface area contributed by atoms with Crippen molar-refractivity contribution in [3.63, 3.8) is 0 Å². The first-order valence-corrected chi connectivity index (χ1v) is 9.28. The van der Waals surface area contributed by atoms with Crippen LogP contribution in [0.3, 0.4) is 0 Å². The van der Waals surface area contributed by atoms with Gasteiger partial charge in [0.1, 0.15) is 11.3 Å². The highest BCUT2D eigenvalue weighted by atomic mass is 16.5. The summed E-state index contributed by atoms with van der Waals surface area (Å²) < 4.78 is 10.5. The Bertz CT molecular complexity index is 807. The van der Waals surface area contributed by atoms with Gasteiger partial charge in [-0.05, 0) is 43.6 Å². The molecular weight excluding hydrogens is 334 g/mol. The van der Waals surface area contributed by atoms with Gasteiger partial charge in [-0.3, -0.25) is 9.78 Å². The number of carbonyl (C=O) groups is 2. The molecule has 2 heterocycles. The van der Waals surface area contributed by atoms with Gasteiger partial charge in [0.15, 0.2) is 5.78 Å². The maximum Gasteiger partial charge on any atom is 0.344 e. The maximum atomic E-state index is 12.7. The third-order valence-electron chi connectivity index (χ3n) is 5.76. The van der Waals surface area contributed by atoms with Crippen molar-refractivity contribution in [1.29, 1.82) is 0 Å². The number of fused-ring (bicyclic) bond motifs is 1. The Morgan fingerprint density at radius 3 is 2.81 bits per heavy atom. The molecule has 3 aliphatic rings. The van der Waals surface area contributed by atoms with Crippen LogP contribution in [0, 0.1) is 5.41 Å². The first kappa shape index (κ1) is 17.2. The van der Waals surface area contributed by atoms with E-state index < -0.39 is 5.97 Å². The van der Waals surface area contributed by atoms with Crippen LogP contribution in [0.2, 0.25) is 0 Å². The van der Waals surface area contributed by atoms with E-state index in [0.717, 1.165) is 24.8 Å². The number of ether oxygens (including phenoxy) is 2. The van der Waals surface area contributed by atoms with E-state index >= 15 is 0 Å². The number of rotatable bonds is 3. The van der Waals surface area contributed by atoms with E-state index in [4.69, 9.17) is 14.5 Å². The normalized spacial score (nSPS) is 21.0. The molecule has 6 heteroatoms. The summed E-state index contributed by atoms with van der Waals surface area (Å²) in [5.74, 6) is -1.02. The second-order valence-electron chi connectivity index (χ2n) is 7.41. The van der Waals surface area contributed by atoms with Gasteiger partial charge >= 0.3 is 5.97 Å². The fourth-order valence-corrected chi connectivity index (χ4v) is 4.29. The molecule has 1 aromatic heterocycles. The number of aromatic nitrogens is 1. The number of nitrogens with zero attached hydrogens (tertiary/aromatic N) is 1. The first-order chi connectivity index (χ1) is 12.5. The molecule has 1 N–H and O–H groups in total. The summed E-state index contributed by atoms with van der Waals surface area (Å²) in [6.07, 6.45) is 6.76. The number of esters is 1. The Balaban J connectivity index is 1.88. The lowest BCUT2D eigenvalue weighted by atomic mass is 9.60. The SMILES string of the molecule is CCOC(=O)c1c(C2=CCOCC2)nc2c(c1O)C(=O)CC1(CCC1)C2. The molecular formula is C20H23NO5. The fraction of sp³-hybridized carbons (Fsp3) is 0.550. The van der Waals surface area contributed by atoms with E-state index in [-0.39, 0.29) is 34.7 Å². The number of hydrogen-bond donors (Lipinski definition) is 1. The molecule has 0 atom stereocenters. The highest BCUT2D eigenvalue weighted by molar-refractivity contribution is 6.07. The summed E-state index contributed by atoms with van der Waals surface area (Å²) in [7, 11) is 0. The summed E-state index contributed by atoms with van der Waals surface area (Å²) >= 11 is 0. The molecule has 4 rings (SSSR count). The Hall–Kier alpha value is -2.21. The first-order valence-electron chi connectivity index (χ1n) is 9.28. The Kier molecular flexibility index (Phi) is 4.31. The van der Waals surface area contributed by atoms with E-state index in [9.17, 15) is 14.7 Å². The molecule has 0 radical (unpaired) electrons. The van der Waals surface area contributed by atoms with Crippen LogP contribution in [0.15, 0.2) is 6.08 Å². The zero-order chi connectivity index (χ0) is 18.3. The topological polar surface area (TPSA) is 85.7 Å². The van der Waals surface area contributed by atoms with E-state index in [1.54, 1.807) is 6.92 Å². The molecule has 2 aliphatic carbocycles. The third-order valence-corrected chi connectivity index (χ3v) is 5.76. The molecule has 1 aliphatic heterocycles. The molecule has 0 aromatic carbocycles. The molecule has 1 saturated carbocycles. The fourth-order valence-electron chi connectivity index (χ4n) is 4.29. The number of hydrogen-bond acceptors (Lipinski definition) is 6. The Morgan fingerprint density at radius 1 is 1.38 bits per heavy atom. The van der Waals surface area contributed by atoms with Crippen LogP contribution in [-0.2, 0) is 15.9 Å². The predicted octanol–water partition coefficient (Wildman–Crippen LogP) is 3.07. The molecule has 1 spiro atoms. The smallest absolute Gasteiger partial charge is 0.344 e. The van der Waals surface area contributed by atoms with Gasteiger partial charge < -0.3 is 14.6 Å². The largest absolute Gasteiger partial charge is 0.506 e. The molecule has 26 heavy (non-hydrogen) atoms. The van der Waals surface area contributed by atoms with Gasteiger partial charge in [0.05, 0.1) is 36.8 Å². The van der Waals surface area contributed by atoms with Crippen molar-refractivity contribution < 1.29 is 24.2 Å². The molecule has 138 valence electrons. The zero-order valence-electron chi connectivity index (χ0n) is 15.0. The van der Waals surface area contributed by atoms with Crippen molar-refractivity contribution in [1.82, 2.24) is 4.98 Å². The van der Waals surface area contributed by atoms with Gasteiger partial charge in [0.2, 0.25) is 0 Å². The van der Waals surface area contributed by atoms with Gasteiger partial charge in [0.25, 0.3) is 0 Å². The molecule has 6 nitrogen and oxygen atoms in total. The van der Waals surface area contributed by atoms with Crippen LogP contribution in [0.1, 0.15) is 71.1 Å². The molecule has 0 saturated heterocycles. The van der Waals surface area contributed by atoms with Crippen molar-refractivity contribution in [3.05, 3.63) is 28.6 Å². The Labute approximate surface area is 152 Å². The minimum Gasteiger partial charge on any atom is -0.506 e. The second-order valence-corrected chi connectivity index (χ2v) is 7.41. The summed E-state index contributed by atoms with van der Waals surface area (Å²) in [6, 6.07) is 0. The summed E-state index contributed by atoms with van der Waals surface area (Å²) in [5.41, 5.74) is 2.13. The van der Waals surface area contributed by atoms with Crippen molar-refractivity contribution in [2.45, 2.75) is 45.4 Å². The maximum absolute atomic E-state index is 12.7. The van der Waals surface area contributed by atoms with E-state index in [2.05, 4.69) is 0 Å². The van der Waals surface area contributed by atoms with Crippen LogP contribution in [0.4, 0.5) is 0 Å². The number of carbonyl (C=O) groups excluding carboxylic acids is 2. The van der Waals surface area contributed by atoms with Crippen LogP contribution in [0.5, 0.6) is 5.75 Å². The summed E-state index contributed by atoms with van der Waals surface area (Å²) in [6.45, 7) is 2.88. The van der Waals surface area contributed by atoms with Crippen molar-refractivity contribution in [2.75, 3.05) is 19.8 Å². The van der Waals surface area contributed by atoms with E-state index in [0.29, 0.717) is 43.9 Å². The zero-order valence-corrected chi connectivity index (χ0v) is 15.0. The van der Waals surface area contributed by atoms with Gasteiger partial charge in [0, 0.05) is 6.42 Å². The van der Waals surface area contributed by atoms with Crippen LogP contribution < -0.4 is 0 Å². The molecule has 0 unspecified atom stereocenters. The number of pyridine rings is 1. The van der Waals surface area contributed by atoms with Crippen LogP contribution in [0.25, 0.3) is 5.57 Å². The third kappa shape index (κ3) is 2.72. The number of aromatic hydroxyl groups is 1. The van der Waals surface area contributed by atoms with E-state index in [1.165, 1.54) is 0 Å².